The summed E-state index contributed by atoms with van der Waals surface area (Å²) in [6.45, 7) is 8.39. The molecule has 1 aromatic rings. The first-order valence-corrected chi connectivity index (χ1v) is 6.48. The number of rotatable bonds is 5. The lowest BCUT2D eigenvalue weighted by atomic mass is 10.2. The van der Waals surface area contributed by atoms with Gasteiger partial charge >= 0.3 is 6.09 Å². The monoisotopic (exact) mass is 267 g/mol. The molecule has 0 heterocycles. The molecular weight excluding hydrogens is 242 g/mol. The Kier molecular flexibility index (Phi) is 5.83. The number of carbonyl (C=O) groups is 1. The molecule has 0 saturated carbocycles. The van der Waals surface area contributed by atoms with E-state index in [0.29, 0.717) is 13.2 Å². The van der Waals surface area contributed by atoms with Gasteiger partial charge in [-0.05, 0) is 33.3 Å². The molecule has 0 bridgehead atoms. The number of nitrogens with one attached hydrogen (secondary N) is 1. The Balaban J connectivity index is 0.00000361. The van der Waals surface area contributed by atoms with E-state index in [-0.39, 0.29) is 7.47 Å². The van der Waals surface area contributed by atoms with Crippen LogP contribution in [0.1, 0.15) is 34.7 Å². The number of alkyl carbamates (subject to hydrolysis) is 1. The first-order valence-electron chi connectivity index (χ1n) is 6.48. The number of hydrogen-bond acceptors (Lipinski definition) is 3. The van der Waals surface area contributed by atoms with Crippen molar-refractivity contribution in [3.63, 3.8) is 0 Å². The predicted octanol–water partition coefficient (Wildman–Crippen LogP) is 3.36. The molecule has 0 aliphatic carbocycles. The van der Waals surface area contributed by atoms with Gasteiger partial charge in [-0.25, -0.2) is 4.79 Å². The van der Waals surface area contributed by atoms with E-state index in [9.17, 15) is 4.79 Å². The molecule has 0 spiro atoms. The average Bonchev–Trinajstić information content (AvgIpc) is 2.27. The Morgan fingerprint density at radius 2 is 1.95 bits per heavy atom. The fourth-order valence-electron chi connectivity index (χ4n) is 1.48. The Bertz CT molecular complexity index is 390. The highest BCUT2D eigenvalue weighted by Crippen LogP contribution is 2.07. The molecule has 0 aromatic heterocycles. The number of ether oxygens (including phenoxy) is 2. The highest BCUT2D eigenvalue weighted by molar-refractivity contribution is 5.68. The number of hydrogen-bond donors (Lipinski definition) is 1. The maximum atomic E-state index is 11.5. The first-order chi connectivity index (χ1) is 8.87. The van der Waals surface area contributed by atoms with Crippen molar-refractivity contribution in [1.82, 2.24) is 5.32 Å². The van der Waals surface area contributed by atoms with Crippen molar-refractivity contribution in [2.75, 3.05) is 6.61 Å². The topological polar surface area (TPSA) is 47.6 Å². The van der Waals surface area contributed by atoms with Crippen molar-refractivity contribution in [1.29, 1.82) is 0 Å². The summed E-state index contributed by atoms with van der Waals surface area (Å²) in [6, 6.07) is 9.84. The summed E-state index contributed by atoms with van der Waals surface area (Å²) in [5.41, 5.74) is 0.640. The molecule has 0 fully saturated rings. The van der Waals surface area contributed by atoms with E-state index < -0.39 is 11.7 Å². The predicted molar refractivity (Wildman–Crippen MR) is 77.0 cm³/mol. The van der Waals surface area contributed by atoms with Crippen LogP contribution in [0.4, 0.5) is 4.79 Å². The second-order valence-corrected chi connectivity index (χ2v) is 5.55. The van der Waals surface area contributed by atoms with E-state index in [0.717, 1.165) is 5.56 Å². The van der Waals surface area contributed by atoms with E-state index in [4.69, 9.17) is 9.47 Å². The molecule has 1 aromatic carbocycles. The zero-order valence-corrected chi connectivity index (χ0v) is 12.1. The van der Waals surface area contributed by atoms with Crippen LogP contribution in [0.3, 0.4) is 0 Å². The summed E-state index contributed by atoms with van der Waals surface area (Å²) in [7, 11) is 0. The molecule has 1 amide bonds. The third-order valence-electron chi connectivity index (χ3n) is 2.24. The summed E-state index contributed by atoms with van der Waals surface area (Å²) < 4.78 is 10.7. The fraction of sp³-hybridized carbons (Fsp3) is 0.533. The van der Waals surface area contributed by atoms with Gasteiger partial charge in [0.15, 0.2) is 0 Å². The molecule has 108 valence electrons. The molecule has 0 radical (unpaired) electrons. The summed E-state index contributed by atoms with van der Waals surface area (Å²) in [4.78, 5) is 11.5. The Morgan fingerprint density at radius 3 is 2.53 bits per heavy atom. The van der Waals surface area contributed by atoms with Crippen LogP contribution in [0.5, 0.6) is 0 Å². The molecule has 0 aliphatic rings. The number of benzene rings is 1. The molecule has 4 nitrogen and oxygen atoms in total. The Labute approximate surface area is 116 Å². The minimum atomic E-state index is -0.477. The molecule has 4 heteroatoms. The molecule has 1 unspecified atom stereocenters. The van der Waals surface area contributed by atoms with Crippen molar-refractivity contribution in [2.24, 2.45) is 0 Å². The Hall–Kier alpha value is -1.55. The first kappa shape index (κ1) is 15.5. The van der Waals surface area contributed by atoms with Gasteiger partial charge in [-0.3, -0.25) is 0 Å². The van der Waals surface area contributed by atoms with E-state index in [1.54, 1.807) is 0 Å². The van der Waals surface area contributed by atoms with Crippen LogP contribution in [-0.4, -0.2) is 24.3 Å². The minimum absolute atomic E-state index is 0. The maximum absolute atomic E-state index is 11.5. The SMILES string of the molecule is CC(COCc1ccccc1)NC(=O)OC(C)(C)C.[HH]. The van der Waals surface area contributed by atoms with Crippen molar-refractivity contribution in [3.8, 4) is 0 Å². The molecule has 0 saturated heterocycles. The number of amides is 1. The zero-order valence-electron chi connectivity index (χ0n) is 12.1. The van der Waals surface area contributed by atoms with Gasteiger partial charge in [0.25, 0.3) is 0 Å². The van der Waals surface area contributed by atoms with Gasteiger partial charge in [0.2, 0.25) is 0 Å². The minimum Gasteiger partial charge on any atom is -0.444 e. The second kappa shape index (κ2) is 7.14. The maximum Gasteiger partial charge on any atom is 0.407 e. The van der Waals surface area contributed by atoms with Crippen molar-refractivity contribution >= 4 is 6.09 Å². The summed E-state index contributed by atoms with van der Waals surface area (Å²) in [5.74, 6) is 0. The summed E-state index contributed by atoms with van der Waals surface area (Å²) in [6.07, 6.45) is -0.414. The standard InChI is InChI=1S/C15H23NO3.H2/c1-12(16-14(17)19-15(2,3)4)10-18-11-13-8-6-5-7-9-13;/h5-9,12H,10-11H2,1-4H3,(H,16,17);1H. The van der Waals surface area contributed by atoms with E-state index in [2.05, 4.69) is 5.32 Å². The molecule has 0 aliphatic heterocycles. The quantitative estimate of drug-likeness (QED) is 0.889. The lowest BCUT2D eigenvalue weighted by Gasteiger charge is -2.21. The Morgan fingerprint density at radius 1 is 1.32 bits per heavy atom. The zero-order chi connectivity index (χ0) is 14.3. The van der Waals surface area contributed by atoms with Gasteiger partial charge in [-0.2, -0.15) is 0 Å². The van der Waals surface area contributed by atoms with E-state index in [1.807, 2.05) is 58.0 Å². The van der Waals surface area contributed by atoms with Crippen LogP contribution < -0.4 is 5.32 Å². The van der Waals surface area contributed by atoms with Gasteiger partial charge < -0.3 is 14.8 Å². The van der Waals surface area contributed by atoms with Crippen LogP contribution in [-0.2, 0) is 16.1 Å². The van der Waals surface area contributed by atoms with Crippen LogP contribution in [0.25, 0.3) is 0 Å². The van der Waals surface area contributed by atoms with Gasteiger partial charge in [0.05, 0.1) is 19.3 Å². The third-order valence-corrected chi connectivity index (χ3v) is 2.24. The largest absolute Gasteiger partial charge is 0.444 e. The van der Waals surface area contributed by atoms with Gasteiger partial charge in [0, 0.05) is 1.43 Å². The third kappa shape index (κ3) is 7.47. The van der Waals surface area contributed by atoms with Gasteiger partial charge in [-0.15, -0.1) is 0 Å². The smallest absolute Gasteiger partial charge is 0.407 e. The molecule has 19 heavy (non-hydrogen) atoms. The average molecular weight is 267 g/mol. The van der Waals surface area contributed by atoms with Crippen molar-refractivity contribution < 1.29 is 15.7 Å². The van der Waals surface area contributed by atoms with E-state index >= 15 is 0 Å². The van der Waals surface area contributed by atoms with Crippen molar-refractivity contribution in [3.05, 3.63) is 35.9 Å². The second-order valence-electron chi connectivity index (χ2n) is 5.55. The molecular formula is C15H25NO3. The summed E-state index contributed by atoms with van der Waals surface area (Å²) >= 11 is 0. The molecule has 1 rings (SSSR count). The highest BCUT2D eigenvalue weighted by atomic mass is 16.6. The number of carbonyl (C=O) groups excluding carboxylic acids is 1. The highest BCUT2D eigenvalue weighted by Gasteiger charge is 2.17. The lowest BCUT2D eigenvalue weighted by Crippen LogP contribution is -2.39. The van der Waals surface area contributed by atoms with E-state index in [1.165, 1.54) is 0 Å². The van der Waals surface area contributed by atoms with Crippen LogP contribution >= 0.6 is 0 Å². The van der Waals surface area contributed by atoms with Crippen molar-refractivity contribution in [2.45, 2.75) is 45.9 Å². The fourth-order valence-corrected chi connectivity index (χ4v) is 1.48. The summed E-state index contributed by atoms with van der Waals surface area (Å²) in [5, 5.41) is 2.74. The molecule has 1 N–H and O–H groups in total. The lowest BCUT2D eigenvalue weighted by molar-refractivity contribution is 0.0442. The molecule has 1 atom stereocenters. The van der Waals surface area contributed by atoms with Gasteiger partial charge in [-0.1, -0.05) is 30.3 Å². The van der Waals surface area contributed by atoms with Crippen LogP contribution in [0.15, 0.2) is 30.3 Å². The normalized spacial score (nSPS) is 12.8. The van der Waals surface area contributed by atoms with Crippen LogP contribution in [0, 0.1) is 0 Å². The van der Waals surface area contributed by atoms with Crippen LogP contribution in [0.2, 0.25) is 0 Å². The van der Waals surface area contributed by atoms with Gasteiger partial charge in [0.1, 0.15) is 5.60 Å².